The SMILES string of the molecule is COCCN1Cc2nnc(Cn3cccn3)n2[C@H](Cc2ccccc2)C1=O. The Morgan fingerprint density at radius 3 is 2.78 bits per heavy atom. The molecule has 1 aliphatic heterocycles. The molecule has 3 aromatic rings. The molecule has 27 heavy (non-hydrogen) atoms. The molecule has 140 valence electrons. The van der Waals surface area contributed by atoms with E-state index in [1.54, 1.807) is 22.9 Å². The lowest BCUT2D eigenvalue weighted by Gasteiger charge is -2.33. The molecule has 0 aliphatic carbocycles. The average molecular weight is 366 g/mol. The number of benzene rings is 1. The molecule has 1 aromatic carbocycles. The van der Waals surface area contributed by atoms with Gasteiger partial charge < -0.3 is 9.64 Å². The first kappa shape index (κ1) is 17.4. The molecule has 0 bridgehead atoms. The average Bonchev–Trinajstić information content (AvgIpc) is 3.34. The summed E-state index contributed by atoms with van der Waals surface area (Å²) < 4.78 is 8.94. The first-order valence-electron chi connectivity index (χ1n) is 8.98. The molecule has 4 rings (SSSR count). The Morgan fingerprint density at radius 2 is 2.04 bits per heavy atom. The largest absolute Gasteiger partial charge is 0.383 e. The van der Waals surface area contributed by atoms with E-state index in [2.05, 4.69) is 15.3 Å². The maximum atomic E-state index is 13.2. The number of hydrogen-bond donors (Lipinski definition) is 0. The van der Waals surface area contributed by atoms with E-state index in [9.17, 15) is 4.79 Å². The predicted octanol–water partition coefficient (Wildman–Crippen LogP) is 1.30. The van der Waals surface area contributed by atoms with Crippen molar-refractivity contribution in [3.05, 3.63) is 66.0 Å². The number of ether oxygens (including phenoxy) is 1. The zero-order valence-electron chi connectivity index (χ0n) is 15.2. The standard InChI is InChI=1S/C19H22N6O2/c1-27-11-10-23-13-17-21-22-18(14-24-9-5-8-20-24)25(17)16(19(23)26)12-15-6-3-2-4-7-15/h2-9,16H,10-14H2,1H3/t16-/m1/s1. The Hall–Kier alpha value is -3.00. The molecule has 0 spiro atoms. The Labute approximate surface area is 157 Å². The van der Waals surface area contributed by atoms with Gasteiger partial charge >= 0.3 is 0 Å². The molecule has 0 saturated heterocycles. The van der Waals surface area contributed by atoms with Crippen LogP contribution in [0.15, 0.2) is 48.8 Å². The monoisotopic (exact) mass is 366 g/mol. The van der Waals surface area contributed by atoms with E-state index >= 15 is 0 Å². The third-order valence-electron chi connectivity index (χ3n) is 4.78. The van der Waals surface area contributed by atoms with Crippen LogP contribution in [0.4, 0.5) is 0 Å². The second-order valence-electron chi connectivity index (χ2n) is 6.56. The molecule has 1 atom stereocenters. The summed E-state index contributed by atoms with van der Waals surface area (Å²) in [6, 6.07) is 11.5. The summed E-state index contributed by atoms with van der Waals surface area (Å²) >= 11 is 0. The van der Waals surface area contributed by atoms with Crippen LogP contribution in [-0.2, 0) is 29.0 Å². The number of rotatable bonds is 7. The molecule has 0 saturated carbocycles. The minimum Gasteiger partial charge on any atom is -0.383 e. The van der Waals surface area contributed by atoms with Gasteiger partial charge in [0, 0.05) is 32.5 Å². The van der Waals surface area contributed by atoms with Gasteiger partial charge in [0.1, 0.15) is 12.6 Å². The lowest BCUT2D eigenvalue weighted by atomic mass is 10.0. The number of fused-ring (bicyclic) bond motifs is 1. The second-order valence-corrected chi connectivity index (χ2v) is 6.56. The lowest BCUT2D eigenvalue weighted by molar-refractivity contribution is -0.138. The van der Waals surface area contributed by atoms with E-state index in [4.69, 9.17) is 4.74 Å². The molecule has 0 unspecified atom stereocenters. The first-order chi connectivity index (χ1) is 13.3. The van der Waals surface area contributed by atoms with Crippen LogP contribution in [0.25, 0.3) is 0 Å². The smallest absolute Gasteiger partial charge is 0.246 e. The van der Waals surface area contributed by atoms with Crippen molar-refractivity contribution in [2.75, 3.05) is 20.3 Å². The second kappa shape index (κ2) is 7.71. The fourth-order valence-corrected chi connectivity index (χ4v) is 3.45. The molecular formula is C19H22N6O2. The highest BCUT2D eigenvalue weighted by molar-refractivity contribution is 5.82. The lowest BCUT2D eigenvalue weighted by Crippen LogP contribution is -2.45. The summed E-state index contributed by atoms with van der Waals surface area (Å²) in [7, 11) is 1.64. The molecule has 8 heteroatoms. The van der Waals surface area contributed by atoms with Crippen molar-refractivity contribution >= 4 is 5.91 Å². The number of nitrogens with zero attached hydrogens (tertiary/aromatic N) is 6. The van der Waals surface area contributed by atoms with Crippen LogP contribution in [0.2, 0.25) is 0 Å². The number of amides is 1. The summed E-state index contributed by atoms with van der Waals surface area (Å²) in [5.74, 6) is 1.62. The molecular weight excluding hydrogens is 344 g/mol. The highest BCUT2D eigenvalue weighted by Crippen LogP contribution is 2.26. The van der Waals surface area contributed by atoms with Crippen molar-refractivity contribution < 1.29 is 9.53 Å². The Kier molecular flexibility index (Phi) is 4.97. The highest BCUT2D eigenvalue weighted by atomic mass is 16.5. The number of carbonyl (C=O) groups is 1. The number of aromatic nitrogens is 5. The van der Waals surface area contributed by atoms with E-state index in [1.807, 2.05) is 47.2 Å². The number of hydrogen-bond acceptors (Lipinski definition) is 5. The van der Waals surface area contributed by atoms with Crippen LogP contribution >= 0.6 is 0 Å². The summed E-state index contributed by atoms with van der Waals surface area (Å²) in [5, 5.41) is 13.0. The van der Waals surface area contributed by atoms with E-state index in [1.165, 1.54) is 0 Å². The van der Waals surface area contributed by atoms with E-state index in [0.717, 1.165) is 17.2 Å². The molecule has 2 aromatic heterocycles. The van der Waals surface area contributed by atoms with Crippen molar-refractivity contribution in [1.82, 2.24) is 29.4 Å². The maximum Gasteiger partial charge on any atom is 0.246 e. The summed E-state index contributed by atoms with van der Waals surface area (Å²) in [5.41, 5.74) is 1.11. The van der Waals surface area contributed by atoms with E-state index in [0.29, 0.717) is 32.7 Å². The van der Waals surface area contributed by atoms with Crippen LogP contribution in [-0.4, -0.2) is 55.6 Å². The Balaban J connectivity index is 1.68. The topological polar surface area (TPSA) is 78.1 Å². The van der Waals surface area contributed by atoms with Gasteiger partial charge in [0.2, 0.25) is 5.91 Å². The van der Waals surface area contributed by atoms with Crippen molar-refractivity contribution in [1.29, 1.82) is 0 Å². The Morgan fingerprint density at radius 1 is 1.19 bits per heavy atom. The third kappa shape index (κ3) is 3.61. The van der Waals surface area contributed by atoms with Crippen molar-refractivity contribution in [2.45, 2.75) is 25.6 Å². The molecule has 3 heterocycles. The van der Waals surface area contributed by atoms with E-state index in [-0.39, 0.29) is 11.9 Å². The van der Waals surface area contributed by atoms with E-state index < -0.39 is 0 Å². The fourth-order valence-electron chi connectivity index (χ4n) is 3.45. The van der Waals surface area contributed by atoms with Gasteiger partial charge in [0.25, 0.3) is 0 Å². The molecule has 0 radical (unpaired) electrons. The summed E-state index contributed by atoms with van der Waals surface area (Å²) in [4.78, 5) is 15.0. The predicted molar refractivity (Wildman–Crippen MR) is 97.8 cm³/mol. The first-order valence-corrected chi connectivity index (χ1v) is 8.98. The molecule has 8 nitrogen and oxygen atoms in total. The van der Waals surface area contributed by atoms with Gasteiger partial charge in [-0.2, -0.15) is 5.10 Å². The molecule has 1 aliphatic rings. The summed E-state index contributed by atoms with van der Waals surface area (Å²) in [6.45, 7) is 1.97. The van der Waals surface area contributed by atoms with Crippen LogP contribution in [0, 0.1) is 0 Å². The molecule has 1 amide bonds. The summed E-state index contributed by atoms with van der Waals surface area (Å²) in [6.07, 6.45) is 4.20. The maximum absolute atomic E-state index is 13.2. The van der Waals surface area contributed by atoms with Crippen LogP contribution in [0.5, 0.6) is 0 Å². The molecule has 0 N–H and O–H groups in total. The minimum absolute atomic E-state index is 0.0740. The van der Waals surface area contributed by atoms with Gasteiger partial charge in [-0.1, -0.05) is 30.3 Å². The van der Waals surface area contributed by atoms with Gasteiger partial charge in [-0.15, -0.1) is 10.2 Å². The van der Waals surface area contributed by atoms with Crippen LogP contribution in [0.3, 0.4) is 0 Å². The Bertz CT molecular complexity index is 890. The zero-order chi connectivity index (χ0) is 18.6. The highest BCUT2D eigenvalue weighted by Gasteiger charge is 2.35. The number of methoxy groups -OCH3 is 1. The van der Waals surface area contributed by atoms with Crippen molar-refractivity contribution in [3.63, 3.8) is 0 Å². The van der Waals surface area contributed by atoms with Crippen LogP contribution < -0.4 is 0 Å². The zero-order valence-corrected chi connectivity index (χ0v) is 15.2. The van der Waals surface area contributed by atoms with Gasteiger partial charge in [0.15, 0.2) is 11.6 Å². The van der Waals surface area contributed by atoms with Gasteiger partial charge in [-0.05, 0) is 11.6 Å². The van der Waals surface area contributed by atoms with Gasteiger partial charge in [0.05, 0.1) is 13.2 Å². The van der Waals surface area contributed by atoms with Gasteiger partial charge in [-0.3, -0.25) is 14.0 Å². The normalized spacial score (nSPS) is 16.6. The number of carbonyl (C=O) groups excluding carboxylic acids is 1. The molecule has 0 fully saturated rings. The van der Waals surface area contributed by atoms with Crippen molar-refractivity contribution in [2.24, 2.45) is 0 Å². The fraction of sp³-hybridized carbons (Fsp3) is 0.368. The van der Waals surface area contributed by atoms with Crippen molar-refractivity contribution in [3.8, 4) is 0 Å². The minimum atomic E-state index is -0.367. The van der Waals surface area contributed by atoms with Crippen LogP contribution in [0.1, 0.15) is 23.3 Å². The third-order valence-corrected chi connectivity index (χ3v) is 4.78. The van der Waals surface area contributed by atoms with Gasteiger partial charge in [-0.25, -0.2) is 0 Å². The quantitative estimate of drug-likeness (QED) is 0.630.